The van der Waals surface area contributed by atoms with Gasteiger partial charge in [0.25, 0.3) is 11.4 Å². The quantitative estimate of drug-likeness (QED) is 0.473. The molecule has 92 valence electrons. The van der Waals surface area contributed by atoms with Gasteiger partial charge < -0.3 is 5.11 Å². The number of nitro benzene ring substituents is 2. The molecule has 0 saturated heterocycles. The van der Waals surface area contributed by atoms with Crippen LogP contribution in [0.2, 0.25) is 0 Å². The minimum atomic E-state index is -0.669. The van der Waals surface area contributed by atoms with E-state index in [1.54, 1.807) is 0 Å². The molecule has 0 bridgehead atoms. The molecule has 0 spiro atoms. The molecule has 0 aliphatic heterocycles. The third-order valence-electron chi connectivity index (χ3n) is 1.97. The molecular weight excluding hydrogens is 248 g/mol. The summed E-state index contributed by atoms with van der Waals surface area (Å²) in [4.78, 5) is 19.9. The molecule has 7 nitrogen and oxygen atoms in total. The van der Waals surface area contributed by atoms with Crippen LogP contribution in [0.25, 0.3) is 0 Å². The minimum absolute atomic E-state index is 0.00849. The van der Waals surface area contributed by atoms with Crippen molar-refractivity contribution < 1.29 is 15.0 Å². The average Bonchev–Trinajstić information content (AvgIpc) is 2.29. The van der Waals surface area contributed by atoms with Crippen molar-refractivity contribution in [3.8, 4) is 0 Å². The standard InChI is InChI=1S/C9H10N2O5S/c12-3-4-17-6-7-1-2-8(10(13)14)5-9(7)11(15)16/h1-2,5,12H,3-4,6H2. The monoisotopic (exact) mass is 258 g/mol. The van der Waals surface area contributed by atoms with Crippen LogP contribution in [0.15, 0.2) is 18.2 Å². The van der Waals surface area contributed by atoms with E-state index in [-0.39, 0.29) is 18.0 Å². The maximum absolute atomic E-state index is 10.8. The first kappa shape index (κ1) is 13.4. The molecule has 0 aliphatic carbocycles. The third-order valence-corrected chi connectivity index (χ3v) is 2.96. The van der Waals surface area contributed by atoms with Crippen LogP contribution in [-0.4, -0.2) is 27.3 Å². The molecule has 0 fully saturated rings. The van der Waals surface area contributed by atoms with E-state index in [1.165, 1.54) is 23.9 Å². The molecule has 8 heteroatoms. The molecular formula is C9H10N2O5S. The van der Waals surface area contributed by atoms with E-state index in [2.05, 4.69) is 0 Å². The molecule has 0 saturated carbocycles. The number of benzene rings is 1. The van der Waals surface area contributed by atoms with Crippen LogP contribution < -0.4 is 0 Å². The van der Waals surface area contributed by atoms with Gasteiger partial charge in [0, 0.05) is 23.1 Å². The Kier molecular flexibility index (Phi) is 4.85. The summed E-state index contributed by atoms with van der Waals surface area (Å²) in [5, 5.41) is 29.8. The molecule has 1 N–H and O–H groups in total. The molecule has 0 amide bonds. The lowest BCUT2D eigenvalue weighted by atomic mass is 10.2. The predicted octanol–water partition coefficient (Wildman–Crippen LogP) is 1.73. The highest BCUT2D eigenvalue weighted by atomic mass is 32.2. The van der Waals surface area contributed by atoms with Gasteiger partial charge in [0.1, 0.15) is 0 Å². The van der Waals surface area contributed by atoms with Crippen molar-refractivity contribution in [2.75, 3.05) is 12.4 Å². The van der Waals surface area contributed by atoms with Crippen molar-refractivity contribution in [3.63, 3.8) is 0 Å². The second-order valence-electron chi connectivity index (χ2n) is 3.10. The fourth-order valence-corrected chi connectivity index (χ4v) is 1.94. The summed E-state index contributed by atoms with van der Waals surface area (Å²) in [6.07, 6.45) is 0. The van der Waals surface area contributed by atoms with Crippen molar-refractivity contribution in [2.24, 2.45) is 0 Å². The van der Waals surface area contributed by atoms with E-state index in [1.807, 2.05) is 0 Å². The lowest BCUT2D eigenvalue weighted by molar-refractivity contribution is -0.394. The number of hydrogen-bond donors (Lipinski definition) is 1. The molecule has 0 aliphatic rings. The van der Waals surface area contributed by atoms with E-state index in [0.29, 0.717) is 17.1 Å². The Balaban J connectivity index is 2.96. The topological polar surface area (TPSA) is 107 Å². The maximum atomic E-state index is 10.8. The first-order valence-electron chi connectivity index (χ1n) is 4.66. The highest BCUT2D eigenvalue weighted by Crippen LogP contribution is 2.27. The number of aliphatic hydroxyl groups is 1. The first-order valence-corrected chi connectivity index (χ1v) is 5.82. The molecule has 0 aromatic heterocycles. The van der Waals surface area contributed by atoms with Crippen molar-refractivity contribution in [3.05, 3.63) is 44.0 Å². The normalized spacial score (nSPS) is 10.2. The highest BCUT2D eigenvalue weighted by molar-refractivity contribution is 7.98. The van der Waals surface area contributed by atoms with E-state index in [4.69, 9.17) is 5.11 Å². The Hall–Kier alpha value is -1.67. The van der Waals surface area contributed by atoms with E-state index in [0.717, 1.165) is 6.07 Å². The Bertz CT molecular complexity index is 437. The number of nitro groups is 2. The SMILES string of the molecule is O=[N+]([O-])c1ccc(CSCCO)c([N+](=O)[O-])c1. The molecule has 0 radical (unpaired) electrons. The first-order chi connectivity index (χ1) is 8.06. The predicted molar refractivity (Wildman–Crippen MR) is 63.0 cm³/mol. The number of non-ortho nitro benzene ring substituents is 1. The van der Waals surface area contributed by atoms with Crippen LogP contribution in [0.3, 0.4) is 0 Å². The summed E-state index contributed by atoms with van der Waals surface area (Å²) in [6, 6.07) is 3.57. The molecule has 0 atom stereocenters. The molecule has 1 aromatic carbocycles. The minimum Gasteiger partial charge on any atom is -0.396 e. The number of nitrogens with zero attached hydrogens (tertiary/aromatic N) is 2. The van der Waals surface area contributed by atoms with Gasteiger partial charge in [0.15, 0.2) is 0 Å². The zero-order valence-corrected chi connectivity index (χ0v) is 9.55. The number of thioether (sulfide) groups is 1. The van der Waals surface area contributed by atoms with Gasteiger partial charge in [-0.3, -0.25) is 20.2 Å². The van der Waals surface area contributed by atoms with E-state index in [9.17, 15) is 20.2 Å². The Morgan fingerprint density at radius 2 is 1.94 bits per heavy atom. The van der Waals surface area contributed by atoms with Gasteiger partial charge in [-0.05, 0) is 6.07 Å². The zero-order valence-electron chi connectivity index (χ0n) is 8.74. The van der Waals surface area contributed by atoms with Crippen molar-refractivity contribution >= 4 is 23.1 Å². The van der Waals surface area contributed by atoms with Gasteiger partial charge in [-0.15, -0.1) is 0 Å². The zero-order chi connectivity index (χ0) is 12.8. The number of aliphatic hydroxyl groups excluding tert-OH is 1. The second kappa shape index (κ2) is 6.16. The fourth-order valence-electron chi connectivity index (χ4n) is 1.20. The van der Waals surface area contributed by atoms with E-state index < -0.39 is 9.85 Å². The summed E-state index contributed by atoms with van der Waals surface area (Å²) in [5.74, 6) is 0.809. The van der Waals surface area contributed by atoms with Crippen LogP contribution in [0, 0.1) is 20.2 Å². The fraction of sp³-hybridized carbons (Fsp3) is 0.333. The summed E-state index contributed by atoms with van der Waals surface area (Å²) in [6.45, 7) is -0.00849. The van der Waals surface area contributed by atoms with Gasteiger partial charge in [0.05, 0.1) is 22.5 Å². The highest BCUT2D eigenvalue weighted by Gasteiger charge is 2.18. The van der Waals surface area contributed by atoms with Crippen LogP contribution >= 0.6 is 11.8 Å². The van der Waals surface area contributed by atoms with Gasteiger partial charge in [-0.1, -0.05) is 0 Å². The Morgan fingerprint density at radius 1 is 1.24 bits per heavy atom. The van der Waals surface area contributed by atoms with Gasteiger partial charge in [-0.2, -0.15) is 11.8 Å². The van der Waals surface area contributed by atoms with Crippen molar-refractivity contribution in [1.82, 2.24) is 0 Å². The Labute approximate surface area is 101 Å². The van der Waals surface area contributed by atoms with Crippen LogP contribution in [0.5, 0.6) is 0 Å². The van der Waals surface area contributed by atoms with Gasteiger partial charge >= 0.3 is 0 Å². The smallest absolute Gasteiger partial charge is 0.280 e. The molecule has 17 heavy (non-hydrogen) atoms. The lowest BCUT2D eigenvalue weighted by Crippen LogP contribution is -1.97. The third kappa shape index (κ3) is 3.68. The molecule has 1 rings (SSSR count). The lowest BCUT2D eigenvalue weighted by Gasteiger charge is -2.02. The largest absolute Gasteiger partial charge is 0.396 e. The maximum Gasteiger partial charge on any atom is 0.280 e. The van der Waals surface area contributed by atoms with Crippen LogP contribution in [0.1, 0.15) is 5.56 Å². The van der Waals surface area contributed by atoms with Gasteiger partial charge in [-0.25, -0.2) is 0 Å². The number of rotatable bonds is 6. The molecule has 1 aromatic rings. The summed E-state index contributed by atoms with van der Waals surface area (Å²) in [7, 11) is 0. The summed E-state index contributed by atoms with van der Waals surface area (Å²) in [5.41, 5.74) is -0.142. The summed E-state index contributed by atoms with van der Waals surface area (Å²) >= 11 is 1.33. The van der Waals surface area contributed by atoms with E-state index >= 15 is 0 Å². The molecule has 0 unspecified atom stereocenters. The average molecular weight is 258 g/mol. The number of hydrogen-bond acceptors (Lipinski definition) is 6. The molecule has 0 heterocycles. The Morgan fingerprint density at radius 3 is 2.47 bits per heavy atom. The van der Waals surface area contributed by atoms with Crippen molar-refractivity contribution in [2.45, 2.75) is 5.75 Å². The second-order valence-corrected chi connectivity index (χ2v) is 4.21. The van der Waals surface area contributed by atoms with Gasteiger partial charge in [0.2, 0.25) is 0 Å². The van der Waals surface area contributed by atoms with Crippen LogP contribution in [0.4, 0.5) is 11.4 Å². The van der Waals surface area contributed by atoms with Crippen molar-refractivity contribution in [1.29, 1.82) is 0 Å². The van der Waals surface area contributed by atoms with Crippen LogP contribution in [-0.2, 0) is 5.75 Å². The summed E-state index contributed by atoms with van der Waals surface area (Å²) < 4.78 is 0.